The van der Waals surface area contributed by atoms with Crippen LogP contribution in [-0.2, 0) is 18.6 Å². The van der Waals surface area contributed by atoms with Crippen LogP contribution >= 0.6 is 0 Å². The van der Waals surface area contributed by atoms with Gasteiger partial charge < -0.3 is 9.09 Å². The van der Waals surface area contributed by atoms with Crippen molar-refractivity contribution in [3.63, 3.8) is 0 Å². The van der Waals surface area contributed by atoms with E-state index >= 15 is 0 Å². The highest BCUT2D eigenvalue weighted by Gasteiger charge is 2.60. The Morgan fingerprint density at radius 1 is 1.24 bits per heavy atom. The lowest BCUT2D eigenvalue weighted by molar-refractivity contribution is -0.137. The van der Waals surface area contributed by atoms with Gasteiger partial charge in [-0.05, 0) is 42.6 Å². The molecule has 0 saturated heterocycles. The number of allylic oxidation sites excluding steroid dienone is 4. The lowest BCUT2D eigenvalue weighted by atomic mass is 10.0. The van der Waals surface area contributed by atoms with Gasteiger partial charge in [0, 0.05) is 19.0 Å². The summed E-state index contributed by atoms with van der Waals surface area (Å²) in [7, 11) is 1.67. The summed E-state index contributed by atoms with van der Waals surface area (Å²) < 4.78 is 60.9. The van der Waals surface area contributed by atoms with Crippen LogP contribution in [0.5, 0.6) is 0 Å². The average Bonchev–Trinajstić information content (AvgIpc) is 3.13. The Kier molecular flexibility index (Phi) is 5.26. The Morgan fingerprint density at radius 3 is 2.74 bits per heavy atom. The van der Waals surface area contributed by atoms with Gasteiger partial charge in [0.15, 0.2) is 17.5 Å². The number of halogens is 4. The van der Waals surface area contributed by atoms with E-state index in [-0.39, 0.29) is 23.2 Å². The van der Waals surface area contributed by atoms with Crippen molar-refractivity contribution in [3.05, 3.63) is 71.7 Å². The third-order valence-corrected chi connectivity index (χ3v) is 6.45. The Bertz CT molecular complexity index is 1320. The Balaban J connectivity index is 1.42. The summed E-state index contributed by atoms with van der Waals surface area (Å²) in [5, 5.41) is 12.3. The molecular formula is C24H21F4N5O. The minimum atomic E-state index is -4.50. The molecule has 0 spiro atoms. The molecule has 2 atom stereocenters. The van der Waals surface area contributed by atoms with Crippen molar-refractivity contribution in [3.8, 4) is 11.4 Å². The third kappa shape index (κ3) is 3.66. The zero-order valence-corrected chi connectivity index (χ0v) is 18.3. The van der Waals surface area contributed by atoms with Gasteiger partial charge in [-0.2, -0.15) is 18.2 Å². The molecule has 176 valence electrons. The zero-order chi connectivity index (χ0) is 24.1. The Hall–Kier alpha value is -3.56. The molecule has 1 aromatic carbocycles. The predicted molar refractivity (Wildman–Crippen MR) is 117 cm³/mol. The number of aromatic nitrogens is 5. The van der Waals surface area contributed by atoms with Crippen LogP contribution in [0.25, 0.3) is 23.0 Å². The second kappa shape index (κ2) is 8.03. The summed E-state index contributed by atoms with van der Waals surface area (Å²) in [4.78, 5) is 4.46. The molecule has 2 unspecified atom stereocenters. The van der Waals surface area contributed by atoms with E-state index in [9.17, 15) is 17.6 Å². The second-order valence-electron chi connectivity index (χ2n) is 8.51. The molecule has 2 aliphatic rings. The summed E-state index contributed by atoms with van der Waals surface area (Å²) in [5.74, 6) is 1.55. The quantitative estimate of drug-likeness (QED) is 0.327. The standard InChI is InChI=1S/C24H21F4N5O/c1-3-14(25)7-6-10-19-29-22(34-32-19)23-12-11-16(18(23)13-23)21-31-30-20(33(21)2)15-8-4-5-9-17(15)24(26,27)28/h3-6,8-10,14H,1,7,11-13H2,2H3/b10-6+. The topological polar surface area (TPSA) is 69.6 Å². The van der Waals surface area contributed by atoms with Crippen molar-refractivity contribution >= 4 is 11.6 Å². The number of hydrogen-bond acceptors (Lipinski definition) is 5. The summed E-state index contributed by atoms with van der Waals surface area (Å²) in [6.07, 6.45) is 1.16. The monoisotopic (exact) mass is 471 g/mol. The van der Waals surface area contributed by atoms with Crippen molar-refractivity contribution in [2.45, 2.75) is 43.4 Å². The van der Waals surface area contributed by atoms with Crippen molar-refractivity contribution in [2.24, 2.45) is 7.05 Å². The number of benzene rings is 1. The van der Waals surface area contributed by atoms with Gasteiger partial charge in [0.05, 0.1) is 11.0 Å². The van der Waals surface area contributed by atoms with Crippen molar-refractivity contribution in [2.75, 3.05) is 0 Å². The average molecular weight is 471 g/mol. The van der Waals surface area contributed by atoms with E-state index in [1.165, 1.54) is 18.2 Å². The smallest absolute Gasteiger partial charge is 0.338 e. The largest absolute Gasteiger partial charge is 0.417 e. The maximum atomic E-state index is 13.5. The van der Waals surface area contributed by atoms with Crippen molar-refractivity contribution in [1.82, 2.24) is 24.9 Å². The fourth-order valence-electron chi connectivity index (χ4n) is 4.59. The minimum absolute atomic E-state index is 0.0118. The van der Waals surface area contributed by atoms with Gasteiger partial charge in [-0.1, -0.05) is 35.5 Å². The fourth-order valence-corrected chi connectivity index (χ4v) is 4.59. The second-order valence-corrected chi connectivity index (χ2v) is 8.51. The fraction of sp³-hybridized carbons (Fsp3) is 0.333. The molecule has 0 amide bonds. The van der Waals surface area contributed by atoms with E-state index in [2.05, 4.69) is 26.9 Å². The first kappa shape index (κ1) is 22.2. The molecular weight excluding hydrogens is 450 g/mol. The highest BCUT2D eigenvalue weighted by atomic mass is 19.4. The number of hydrogen-bond donors (Lipinski definition) is 0. The van der Waals surface area contributed by atoms with Crippen LogP contribution in [0.2, 0.25) is 0 Å². The van der Waals surface area contributed by atoms with Gasteiger partial charge in [-0.3, -0.25) is 0 Å². The van der Waals surface area contributed by atoms with Crippen LogP contribution in [0.1, 0.15) is 48.8 Å². The molecule has 34 heavy (non-hydrogen) atoms. The molecule has 2 aromatic heterocycles. The van der Waals surface area contributed by atoms with E-state index in [1.807, 2.05) is 0 Å². The highest BCUT2D eigenvalue weighted by Crippen LogP contribution is 2.65. The molecule has 1 saturated carbocycles. The third-order valence-electron chi connectivity index (χ3n) is 6.45. The molecule has 10 heteroatoms. The minimum Gasteiger partial charge on any atom is -0.338 e. The molecule has 3 aromatic rings. The molecule has 2 heterocycles. The number of alkyl halides is 4. The first-order chi connectivity index (χ1) is 16.2. The molecule has 2 aliphatic carbocycles. The zero-order valence-electron chi connectivity index (χ0n) is 18.3. The molecule has 0 radical (unpaired) electrons. The van der Waals surface area contributed by atoms with Gasteiger partial charge in [0.2, 0.25) is 5.89 Å². The molecule has 6 nitrogen and oxygen atoms in total. The highest BCUT2D eigenvalue weighted by molar-refractivity contribution is 5.78. The normalized spacial score (nSPS) is 20.7. The van der Waals surface area contributed by atoms with Gasteiger partial charge >= 0.3 is 6.18 Å². The first-order valence-electron chi connectivity index (χ1n) is 10.8. The van der Waals surface area contributed by atoms with E-state index < -0.39 is 17.9 Å². The van der Waals surface area contributed by atoms with Crippen LogP contribution in [-0.4, -0.2) is 31.1 Å². The summed E-state index contributed by atoms with van der Waals surface area (Å²) >= 11 is 0. The van der Waals surface area contributed by atoms with E-state index in [0.717, 1.165) is 30.1 Å². The van der Waals surface area contributed by atoms with Crippen LogP contribution < -0.4 is 0 Å². The summed E-state index contributed by atoms with van der Waals surface area (Å²) in [6, 6.07) is 5.35. The van der Waals surface area contributed by atoms with Crippen molar-refractivity contribution < 1.29 is 22.1 Å². The van der Waals surface area contributed by atoms with Crippen LogP contribution in [0.3, 0.4) is 0 Å². The molecule has 0 aliphatic heterocycles. The van der Waals surface area contributed by atoms with E-state index in [0.29, 0.717) is 24.0 Å². The van der Waals surface area contributed by atoms with Crippen LogP contribution in [0.15, 0.2) is 53.1 Å². The van der Waals surface area contributed by atoms with Gasteiger partial charge in [0.25, 0.3) is 0 Å². The van der Waals surface area contributed by atoms with Gasteiger partial charge in [-0.25, -0.2) is 4.39 Å². The Morgan fingerprint density at radius 2 is 2.00 bits per heavy atom. The van der Waals surface area contributed by atoms with Gasteiger partial charge in [-0.15, -0.1) is 16.8 Å². The van der Waals surface area contributed by atoms with Gasteiger partial charge in [0.1, 0.15) is 6.17 Å². The summed E-state index contributed by atoms with van der Waals surface area (Å²) in [5.41, 5.74) is 0.914. The van der Waals surface area contributed by atoms with E-state index in [4.69, 9.17) is 4.52 Å². The van der Waals surface area contributed by atoms with Crippen LogP contribution in [0.4, 0.5) is 17.6 Å². The first-order valence-corrected chi connectivity index (χ1v) is 10.8. The lowest BCUT2D eigenvalue weighted by Crippen LogP contribution is -2.09. The molecule has 0 bridgehead atoms. The van der Waals surface area contributed by atoms with E-state index in [1.54, 1.807) is 29.8 Å². The Labute approximate surface area is 192 Å². The number of nitrogens with zero attached hydrogens (tertiary/aromatic N) is 5. The number of fused-ring (bicyclic) bond motifs is 1. The molecule has 0 N–H and O–H groups in total. The summed E-state index contributed by atoms with van der Waals surface area (Å²) in [6.45, 7) is 3.40. The molecule has 1 fully saturated rings. The maximum absolute atomic E-state index is 13.5. The molecule has 5 rings (SSSR count). The lowest BCUT2D eigenvalue weighted by Gasteiger charge is -2.12. The predicted octanol–water partition coefficient (Wildman–Crippen LogP) is 5.70. The maximum Gasteiger partial charge on any atom is 0.417 e. The SMILES string of the molecule is C=CC(F)C/C=C/c1noc(C23CCC(c4nnc(-c5ccccc5C(F)(F)F)n4C)=C2C3)n1. The van der Waals surface area contributed by atoms with Crippen molar-refractivity contribution in [1.29, 1.82) is 0 Å². The number of rotatable bonds is 7. The van der Waals surface area contributed by atoms with Crippen LogP contribution in [0, 0.1) is 0 Å².